The minimum Gasteiger partial charge on any atom is -0.322 e. The van der Waals surface area contributed by atoms with Crippen molar-refractivity contribution in [3.63, 3.8) is 0 Å². The molecule has 0 spiro atoms. The second kappa shape index (κ2) is 8.95. The lowest BCUT2D eigenvalue weighted by Gasteiger charge is -2.19. The fraction of sp³-hybridized carbons (Fsp3) is 0.409. The Labute approximate surface area is 155 Å². The third-order valence-corrected chi connectivity index (χ3v) is 5.17. The van der Waals surface area contributed by atoms with Gasteiger partial charge in [0.1, 0.15) is 5.82 Å². The van der Waals surface area contributed by atoms with E-state index in [0.717, 1.165) is 17.2 Å². The van der Waals surface area contributed by atoms with Crippen LogP contribution in [0.4, 0.5) is 10.1 Å². The van der Waals surface area contributed by atoms with E-state index in [9.17, 15) is 9.18 Å². The van der Waals surface area contributed by atoms with Gasteiger partial charge in [0.2, 0.25) is 0 Å². The molecular weight excluding hydrogens is 327 g/mol. The summed E-state index contributed by atoms with van der Waals surface area (Å²) in [5.41, 5.74) is 2.30. The van der Waals surface area contributed by atoms with Gasteiger partial charge in [0.05, 0.1) is 0 Å². The largest absolute Gasteiger partial charge is 0.322 e. The lowest BCUT2D eigenvalue weighted by atomic mass is 9.99. The van der Waals surface area contributed by atoms with Gasteiger partial charge >= 0.3 is 0 Å². The first-order valence-corrected chi connectivity index (χ1v) is 9.50. The van der Waals surface area contributed by atoms with Crippen LogP contribution in [0, 0.1) is 11.7 Å². The van der Waals surface area contributed by atoms with Crippen LogP contribution in [0.15, 0.2) is 48.5 Å². The Morgan fingerprint density at radius 1 is 1.12 bits per heavy atom. The number of anilines is 1. The van der Waals surface area contributed by atoms with Gasteiger partial charge in [-0.1, -0.05) is 43.9 Å². The van der Waals surface area contributed by atoms with Gasteiger partial charge in [-0.2, -0.15) is 0 Å². The Bertz CT molecular complexity index is 723. The van der Waals surface area contributed by atoms with Gasteiger partial charge in [-0.25, -0.2) is 4.39 Å². The van der Waals surface area contributed by atoms with Gasteiger partial charge in [0.25, 0.3) is 5.91 Å². The fourth-order valence-electron chi connectivity index (χ4n) is 3.71. The lowest BCUT2D eigenvalue weighted by Crippen LogP contribution is -2.28. The van der Waals surface area contributed by atoms with Gasteiger partial charge in [-0.05, 0) is 55.2 Å². The molecule has 1 atom stereocenters. The molecule has 2 N–H and O–H groups in total. The minimum atomic E-state index is -0.345. The standard InChI is InChI=1S/C22H27FN2O/c1-16(14-17-6-2-3-7-17)24-15-19-8-4-5-9-21(19)25-22(26)18-10-12-20(23)13-11-18/h4-5,8-13,16-17,24H,2-3,6-7,14-15H2,1H3,(H,25,26)/t16-/m0/s1. The number of carbonyl (C=O) groups excluding carboxylic acids is 1. The lowest BCUT2D eigenvalue weighted by molar-refractivity contribution is 0.102. The van der Waals surface area contributed by atoms with E-state index in [-0.39, 0.29) is 11.7 Å². The summed E-state index contributed by atoms with van der Waals surface area (Å²) in [6.07, 6.45) is 6.67. The molecule has 26 heavy (non-hydrogen) atoms. The summed E-state index contributed by atoms with van der Waals surface area (Å²) in [5, 5.41) is 6.53. The quantitative estimate of drug-likeness (QED) is 0.723. The van der Waals surface area contributed by atoms with Crippen LogP contribution in [-0.4, -0.2) is 11.9 Å². The molecule has 0 aliphatic heterocycles. The van der Waals surface area contributed by atoms with E-state index in [2.05, 4.69) is 17.6 Å². The van der Waals surface area contributed by atoms with Gasteiger partial charge in [0, 0.05) is 23.8 Å². The molecule has 3 nitrogen and oxygen atoms in total. The maximum Gasteiger partial charge on any atom is 0.255 e. The smallest absolute Gasteiger partial charge is 0.255 e. The van der Waals surface area contributed by atoms with Crippen LogP contribution in [0.5, 0.6) is 0 Å². The molecule has 1 fully saturated rings. The molecule has 2 aromatic rings. The van der Waals surface area contributed by atoms with Crippen molar-refractivity contribution < 1.29 is 9.18 Å². The van der Waals surface area contributed by atoms with Crippen LogP contribution in [0.3, 0.4) is 0 Å². The fourth-order valence-corrected chi connectivity index (χ4v) is 3.71. The van der Waals surface area contributed by atoms with Crippen LogP contribution >= 0.6 is 0 Å². The van der Waals surface area contributed by atoms with E-state index in [4.69, 9.17) is 0 Å². The van der Waals surface area contributed by atoms with E-state index >= 15 is 0 Å². The molecule has 0 unspecified atom stereocenters. The van der Waals surface area contributed by atoms with E-state index in [1.807, 2.05) is 24.3 Å². The SMILES string of the molecule is C[C@@H](CC1CCCC1)NCc1ccccc1NC(=O)c1ccc(F)cc1. The minimum absolute atomic E-state index is 0.226. The second-order valence-electron chi connectivity index (χ2n) is 7.29. The Morgan fingerprint density at radius 3 is 2.54 bits per heavy atom. The number of hydrogen-bond acceptors (Lipinski definition) is 2. The average molecular weight is 354 g/mol. The highest BCUT2D eigenvalue weighted by molar-refractivity contribution is 6.04. The maximum atomic E-state index is 13.0. The molecule has 0 heterocycles. The zero-order chi connectivity index (χ0) is 18.4. The molecule has 4 heteroatoms. The monoisotopic (exact) mass is 354 g/mol. The van der Waals surface area contributed by atoms with E-state index in [1.165, 1.54) is 56.4 Å². The Hall–Kier alpha value is -2.20. The van der Waals surface area contributed by atoms with Crippen molar-refractivity contribution in [1.82, 2.24) is 5.32 Å². The van der Waals surface area contributed by atoms with Gasteiger partial charge < -0.3 is 10.6 Å². The van der Waals surface area contributed by atoms with E-state index in [1.54, 1.807) is 0 Å². The molecule has 0 saturated heterocycles. The van der Waals surface area contributed by atoms with Gasteiger partial charge in [-0.3, -0.25) is 4.79 Å². The topological polar surface area (TPSA) is 41.1 Å². The summed E-state index contributed by atoms with van der Waals surface area (Å²) in [4.78, 5) is 12.4. The summed E-state index contributed by atoms with van der Waals surface area (Å²) >= 11 is 0. The number of halogens is 1. The number of rotatable bonds is 7. The molecule has 0 bridgehead atoms. The summed E-state index contributed by atoms with van der Waals surface area (Å²) in [6, 6.07) is 13.9. The van der Waals surface area contributed by atoms with Crippen molar-refractivity contribution in [2.75, 3.05) is 5.32 Å². The first-order valence-electron chi connectivity index (χ1n) is 9.50. The molecule has 0 aromatic heterocycles. The third kappa shape index (κ3) is 5.15. The summed E-state index contributed by atoms with van der Waals surface area (Å²) < 4.78 is 13.0. The normalized spacial score (nSPS) is 15.8. The molecule has 3 rings (SSSR count). The number of carbonyl (C=O) groups is 1. The van der Waals surface area contributed by atoms with Crippen molar-refractivity contribution >= 4 is 11.6 Å². The molecule has 1 amide bonds. The number of hydrogen-bond donors (Lipinski definition) is 2. The third-order valence-electron chi connectivity index (χ3n) is 5.17. The highest BCUT2D eigenvalue weighted by atomic mass is 19.1. The summed E-state index contributed by atoms with van der Waals surface area (Å²) in [6.45, 7) is 2.95. The predicted molar refractivity (Wildman–Crippen MR) is 104 cm³/mol. The Kier molecular flexibility index (Phi) is 6.40. The number of amides is 1. The van der Waals surface area contributed by atoms with E-state index in [0.29, 0.717) is 18.2 Å². The number of para-hydroxylation sites is 1. The van der Waals surface area contributed by atoms with Gasteiger partial charge in [-0.15, -0.1) is 0 Å². The zero-order valence-corrected chi connectivity index (χ0v) is 15.3. The van der Waals surface area contributed by atoms with Crippen LogP contribution in [0.25, 0.3) is 0 Å². The molecular formula is C22H27FN2O. The highest BCUT2D eigenvalue weighted by Gasteiger charge is 2.18. The van der Waals surface area contributed by atoms with Crippen molar-refractivity contribution in [1.29, 1.82) is 0 Å². The second-order valence-corrected chi connectivity index (χ2v) is 7.29. The van der Waals surface area contributed by atoms with Crippen LogP contribution in [0.1, 0.15) is 54.9 Å². The van der Waals surface area contributed by atoms with Crippen molar-refractivity contribution in [2.24, 2.45) is 5.92 Å². The average Bonchev–Trinajstić information content (AvgIpc) is 3.14. The molecule has 0 radical (unpaired) electrons. The molecule has 1 aliphatic rings. The maximum absolute atomic E-state index is 13.0. The summed E-state index contributed by atoms with van der Waals surface area (Å²) in [7, 11) is 0. The first kappa shape index (κ1) is 18.6. The zero-order valence-electron chi connectivity index (χ0n) is 15.3. The van der Waals surface area contributed by atoms with Gasteiger partial charge in [0.15, 0.2) is 0 Å². The molecule has 138 valence electrons. The van der Waals surface area contributed by atoms with Crippen LogP contribution in [-0.2, 0) is 6.54 Å². The van der Waals surface area contributed by atoms with Crippen molar-refractivity contribution in [2.45, 2.75) is 51.6 Å². The van der Waals surface area contributed by atoms with Crippen LogP contribution < -0.4 is 10.6 Å². The molecule has 1 saturated carbocycles. The Morgan fingerprint density at radius 2 is 1.81 bits per heavy atom. The Balaban J connectivity index is 1.58. The predicted octanol–water partition coefficient (Wildman–Crippen LogP) is 5.14. The van der Waals surface area contributed by atoms with Crippen molar-refractivity contribution in [3.8, 4) is 0 Å². The summed E-state index contributed by atoms with van der Waals surface area (Å²) in [5.74, 6) is 0.282. The molecule has 2 aromatic carbocycles. The van der Waals surface area contributed by atoms with Crippen LogP contribution in [0.2, 0.25) is 0 Å². The molecule has 1 aliphatic carbocycles. The van der Waals surface area contributed by atoms with E-state index < -0.39 is 0 Å². The highest BCUT2D eigenvalue weighted by Crippen LogP contribution is 2.28. The number of benzene rings is 2. The van der Waals surface area contributed by atoms with Crippen molar-refractivity contribution in [3.05, 3.63) is 65.5 Å². The first-order chi connectivity index (χ1) is 12.6. The number of nitrogens with one attached hydrogen (secondary N) is 2.